The van der Waals surface area contributed by atoms with Crippen LogP contribution in [-0.2, 0) is 0 Å². The molecule has 0 saturated heterocycles. The van der Waals surface area contributed by atoms with E-state index in [1.165, 1.54) is 13.6 Å². The van der Waals surface area contributed by atoms with Crippen molar-refractivity contribution in [3.8, 4) is 6.01 Å². The van der Waals surface area contributed by atoms with Crippen molar-refractivity contribution in [3.63, 3.8) is 0 Å². The van der Waals surface area contributed by atoms with Gasteiger partial charge in [-0.15, -0.1) is 5.10 Å². The number of imidazole rings is 1. The van der Waals surface area contributed by atoms with E-state index in [0.717, 1.165) is 43.8 Å². The number of hydrogen-bond donors (Lipinski definition) is 2. The van der Waals surface area contributed by atoms with Crippen LogP contribution < -0.4 is 10.0 Å². The highest BCUT2D eigenvalue weighted by molar-refractivity contribution is 6.89. The van der Waals surface area contributed by atoms with E-state index in [2.05, 4.69) is 22.0 Å². The number of aromatic nitrogens is 4. The number of nitrogens with zero attached hydrogens (tertiary/aromatic N) is 4. The highest BCUT2D eigenvalue weighted by Crippen LogP contribution is 2.35. The number of hydrogen-bond acceptors (Lipinski definition) is 6. The molecule has 0 aliphatic heterocycles. The molecule has 1 aliphatic rings. The van der Waals surface area contributed by atoms with Crippen molar-refractivity contribution in [2.45, 2.75) is 71.0 Å². The van der Waals surface area contributed by atoms with Gasteiger partial charge < -0.3 is 15.2 Å². The minimum Gasteiger partial charge on any atom is -0.459 e. The third-order valence-electron chi connectivity index (χ3n) is 5.10. The second kappa shape index (κ2) is 9.44. The lowest BCUT2D eigenvalue weighted by molar-refractivity contribution is 0.0792. The van der Waals surface area contributed by atoms with Crippen molar-refractivity contribution in [1.29, 1.82) is 0 Å². The Bertz CT molecular complexity index is 772. The van der Waals surface area contributed by atoms with E-state index in [-0.39, 0.29) is 24.5 Å². The fourth-order valence-electron chi connectivity index (χ4n) is 3.70. The van der Waals surface area contributed by atoms with Crippen LogP contribution in [0.2, 0.25) is 1.41 Å². The molecule has 27 heavy (non-hydrogen) atoms. The van der Waals surface area contributed by atoms with Crippen molar-refractivity contribution in [2.75, 3.05) is 11.8 Å². The Morgan fingerprint density at radius 3 is 2.96 bits per heavy atom. The zero-order valence-corrected chi connectivity index (χ0v) is 16.2. The molecule has 1 aliphatic carbocycles. The first-order chi connectivity index (χ1) is 13.5. The average molecular weight is 369 g/mol. The minimum atomic E-state index is -0.654. The van der Waals surface area contributed by atoms with Crippen LogP contribution in [0.4, 0.5) is 5.82 Å². The SMILES string of the molecule is [2H]N(C[B][B])c1nc(OC(C)CCC)nn2c(C(O)C3CCCCC3)cnc12. The highest BCUT2D eigenvalue weighted by atomic mass is 16.5. The van der Waals surface area contributed by atoms with Crippen LogP contribution in [-0.4, -0.2) is 52.1 Å². The van der Waals surface area contributed by atoms with Gasteiger partial charge in [-0.2, -0.15) is 4.98 Å². The van der Waals surface area contributed by atoms with Crippen LogP contribution in [0.1, 0.15) is 70.6 Å². The van der Waals surface area contributed by atoms with Gasteiger partial charge in [-0.05, 0) is 38.5 Å². The molecule has 0 amide bonds. The van der Waals surface area contributed by atoms with Crippen molar-refractivity contribution < 1.29 is 11.3 Å². The fraction of sp³-hybridized carbons (Fsp3) is 0.722. The number of rotatable bonds is 9. The van der Waals surface area contributed by atoms with Crippen LogP contribution in [0, 0.1) is 5.92 Å². The summed E-state index contributed by atoms with van der Waals surface area (Å²) in [7, 11) is 6.87. The van der Waals surface area contributed by atoms with E-state index in [1.807, 2.05) is 6.92 Å². The highest BCUT2D eigenvalue weighted by Gasteiger charge is 2.27. The Morgan fingerprint density at radius 2 is 2.26 bits per heavy atom. The number of aliphatic hydroxyl groups is 1. The molecule has 7 nitrogen and oxygen atoms in total. The molecule has 2 aromatic rings. The molecule has 0 spiro atoms. The molecule has 3 rings (SSSR count). The number of aliphatic hydroxyl groups excluding tert-OH is 1. The molecular formula is C18H28B2N5O2. The second-order valence-corrected chi connectivity index (χ2v) is 7.27. The first kappa shape index (κ1) is 18.6. The molecule has 2 heterocycles. The average Bonchev–Trinajstić information content (AvgIpc) is 3.11. The summed E-state index contributed by atoms with van der Waals surface area (Å²) in [5.74, 6) is 0.498. The summed E-state index contributed by atoms with van der Waals surface area (Å²) >= 11 is 0. The normalized spacial score (nSPS) is 18.1. The molecule has 2 N–H and O–H groups in total. The third kappa shape index (κ3) is 4.75. The van der Waals surface area contributed by atoms with Crippen LogP contribution >= 0.6 is 0 Å². The number of ether oxygens (including phenoxy) is 1. The van der Waals surface area contributed by atoms with E-state index in [9.17, 15) is 5.11 Å². The summed E-state index contributed by atoms with van der Waals surface area (Å²) < 4.78 is 15.7. The molecule has 1 fully saturated rings. The molecule has 2 unspecified atom stereocenters. The quantitative estimate of drug-likeness (QED) is 0.661. The first-order valence-electron chi connectivity index (χ1n) is 10.4. The molecule has 0 aromatic carbocycles. The van der Waals surface area contributed by atoms with E-state index < -0.39 is 6.10 Å². The fourth-order valence-corrected chi connectivity index (χ4v) is 3.70. The maximum absolute atomic E-state index is 11.0. The van der Waals surface area contributed by atoms with Gasteiger partial charge in [0.25, 0.3) is 0 Å². The zero-order chi connectivity index (χ0) is 20.1. The summed E-state index contributed by atoms with van der Waals surface area (Å²) in [6.45, 7) is 4.06. The molecule has 2 aromatic heterocycles. The first-order valence-corrected chi connectivity index (χ1v) is 9.95. The van der Waals surface area contributed by atoms with E-state index in [0.29, 0.717) is 17.2 Å². The molecule has 2 atom stereocenters. The summed E-state index contributed by atoms with van der Waals surface area (Å²) in [6, 6.07) is 0.174. The van der Waals surface area contributed by atoms with Gasteiger partial charge in [0.15, 0.2) is 12.9 Å². The molecule has 0 bridgehead atoms. The molecular weight excluding hydrogens is 340 g/mol. The summed E-state index contributed by atoms with van der Waals surface area (Å²) in [4.78, 5) is 8.79. The van der Waals surface area contributed by atoms with Gasteiger partial charge in [0.05, 0.1) is 25.2 Å². The van der Waals surface area contributed by atoms with Gasteiger partial charge >= 0.3 is 6.01 Å². The minimum absolute atomic E-state index is 0.0502. The second-order valence-electron chi connectivity index (χ2n) is 7.27. The molecule has 3 radical (unpaired) electrons. The van der Waals surface area contributed by atoms with E-state index in [1.54, 1.807) is 10.7 Å². The maximum Gasteiger partial charge on any atom is 0.336 e. The van der Waals surface area contributed by atoms with Gasteiger partial charge in [0.2, 0.25) is 0 Å². The largest absolute Gasteiger partial charge is 0.459 e. The zero-order valence-electron chi connectivity index (χ0n) is 17.2. The standard InChI is InChI=1S/C18H28B2N5O2/c1-3-7-12(2)27-18-23-16(22-11-20-19)17-21-10-14(25(17)24-18)15(26)13-8-5-4-6-9-13/h10,12-13,15,26H,3-9,11H2,1-2H3,(H,22,23,24)/i/hD. The molecule has 9 heteroatoms. The monoisotopic (exact) mass is 369 g/mol. The predicted octanol–water partition coefficient (Wildman–Crippen LogP) is 2.46. The van der Waals surface area contributed by atoms with Crippen LogP contribution in [0.3, 0.4) is 0 Å². The lowest BCUT2D eigenvalue weighted by atomic mass is 9.56. The maximum atomic E-state index is 11.0. The van der Waals surface area contributed by atoms with E-state index in [4.69, 9.17) is 13.9 Å². The number of anilines is 1. The van der Waals surface area contributed by atoms with Crippen LogP contribution in [0.25, 0.3) is 5.65 Å². The Kier molecular flexibility index (Phi) is 6.50. The predicted molar refractivity (Wildman–Crippen MR) is 107 cm³/mol. The lowest BCUT2D eigenvalue weighted by Crippen LogP contribution is -2.20. The van der Waals surface area contributed by atoms with Crippen molar-refractivity contribution in [1.82, 2.24) is 19.6 Å². The van der Waals surface area contributed by atoms with Gasteiger partial charge in [0.1, 0.15) is 6.10 Å². The van der Waals surface area contributed by atoms with Gasteiger partial charge in [-0.3, -0.25) is 0 Å². The Labute approximate surface area is 164 Å². The van der Waals surface area contributed by atoms with Crippen LogP contribution in [0.15, 0.2) is 6.20 Å². The smallest absolute Gasteiger partial charge is 0.336 e. The molecule has 1 saturated carbocycles. The Hall–Kier alpha value is -1.76. The van der Waals surface area contributed by atoms with E-state index >= 15 is 0 Å². The summed E-state index contributed by atoms with van der Waals surface area (Å²) in [5.41, 5.74) is 1.03. The van der Waals surface area contributed by atoms with Crippen molar-refractivity contribution in [2.24, 2.45) is 5.92 Å². The van der Waals surface area contributed by atoms with Crippen molar-refractivity contribution >= 4 is 26.4 Å². The number of nitrogens with one attached hydrogen (secondary N) is 1. The number of fused-ring (bicyclic) bond motifs is 1. The Morgan fingerprint density at radius 1 is 1.48 bits per heavy atom. The van der Waals surface area contributed by atoms with Crippen LogP contribution in [0.5, 0.6) is 6.01 Å². The molecule has 143 valence electrons. The summed E-state index contributed by atoms with van der Waals surface area (Å²) in [5, 5.41) is 16.6. The van der Waals surface area contributed by atoms with Gasteiger partial charge in [0, 0.05) is 7.74 Å². The van der Waals surface area contributed by atoms with Gasteiger partial charge in [-0.1, -0.05) is 32.6 Å². The summed E-state index contributed by atoms with van der Waals surface area (Å²) in [6.07, 6.45) is 8.45. The lowest BCUT2D eigenvalue weighted by Gasteiger charge is -2.26. The Balaban J connectivity index is 1.99. The van der Waals surface area contributed by atoms with Crippen molar-refractivity contribution in [3.05, 3.63) is 11.9 Å². The third-order valence-corrected chi connectivity index (χ3v) is 5.10. The van der Waals surface area contributed by atoms with Gasteiger partial charge in [-0.25, -0.2) is 9.50 Å². The topological polar surface area (TPSA) is 84.6 Å².